The number of halogens is 3. The van der Waals surface area contributed by atoms with Crippen molar-refractivity contribution in [2.24, 2.45) is 0 Å². The van der Waals surface area contributed by atoms with E-state index in [9.17, 15) is 13.5 Å². The maximum absolute atomic E-state index is 10.7. The molecule has 0 saturated carbocycles. The number of hydrogen-bond donors (Lipinski definition) is 3. The zero-order valence-corrected chi connectivity index (χ0v) is 12.6. The molecule has 0 amide bonds. The molecule has 0 aliphatic rings. The highest BCUT2D eigenvalue weighted by molar-refractivity contribution is 7.83. The Morgan fingerprint density at radius 3 is 2.11 bits per heavy atom. The first-order valence-electron chi connectivity index (χ1n) is 5.09. The average Bonchev–Trinajstić information content (AvgIpc) is 2.25. The lowest BCUT2D eigenvalue weighted by atomic mass is 9.91. The Morgan fingerprint density at radius 1 is 1.16 bits per heavy atom. The highest BCUT2D eigenvalue weighted by Gasteiger charge is 2.38. The molecule has 0 saturated heterocycles. The van der Waals surface area contributed by atoms with E-state index in [1.54, 1.807) is 35.1 Å². The molecule has 108 valence electrons. The van der Waals surface area contributed by atoms with E-state index < -0.39 is 26.2 Å². The first kappa shape index (κ1) is 17.0. The second-order valence-corrected chi connectivity index (χ2v) is 7.74. The largest absolute Gasteiger partial charge is 0.384 e. The smallest absolute Gasteiger partial charge is 0.333 e. The summed E-state index contributed by atoms with van der Waals surface area (Å²) in [5.74, 6) is 0. The van der Waals surface area contributed by atoms with Crippen LogP contribution in [0.15, 0.2) is 30.3 Å². The molecule has 1 atom stereocenters. The third-order valence-electron chi connectivity index (χ3n) is 2.35. The van der Waals surface area contributed by atoms with E-state index in [2.05, 4.69) is 0 Å². The molecule has 0 radical (unpaired) electrons. The Hall–Kier alpha value is -0.0800. The summed E-state index contributed by atoms with van der Waals surface area (Å²) in [4.78, 5) is 0. The lowest BCUT2D eigenvalue weighted by Crippen LogP contribution is -2.43. The molecule has 0 heterocycles. The summed E-state index contributed by atoms with van der Waals surface area (Å²) >= 11 is 16.9. The fraction of sp³-hybridized carbons (Fsp3) is 0.400. The Morgan fingerprint density at radius 2 is 1.68 bits per heavy atom. The molecule has 1 rings (SSSR count). The monoisotopic (exact) mass is 347 g/mol. The van der Waals surface area contributed by atoms with Crippen molar-refractivity contribution >= 4 is 45.1 Å². The summed E-state index contributed by atoms with van der Waals surface area (Å²) in [7, 11) is -4.46. The van der Waals surface area contributed by atoms with Gasteiger partial charge in [-0.15, -0.1) is 0 Å². The van der Waals surface area contributed by atoms with Crippen molar-refractivity contribution in [3.05, 3.63) is 35.9 Å². The predicted octanol–water partition coefficient (Wildman–Crippen LogP) is 2.03. The van der Waals surface area contributed by atoms with Crippen LogP contribution >= 0.6 is 34.8 Å². The van der Waals surface area contributed by atoms with Gasteiger partial charge in [0.15, 0.2) is 3.79 Å². The summed E-state index contributed by atoms with van der Waals surface area (Å²) in [5.41, 5.74) is -1.40. The summed E-state index contributed by atoms with van der Waals surface area (Å²) in [6.07, 6.45) is -0.350. The lowest BCUT2D eigenvalue weighted by Gasteiger charge is -2.31. The fourth-order valence-electron chi connectivity index (χ4n) is 1.56. The van der Waals surface area contributed by atoms with Crippen LogP contribution in [0, 0.1) is 0 Å². The minimum absolute atomic E-state index is 0.350. The molecule has 1 aromatic carbocycles. The topological polar surface area (TPSA) is 86.6 Å². The maximum atomic E-state index is 10.7. The number of alkyl halides is 3. The van der Waals surface area contributed by atoms with Gasteiger partial charge in [0.05, 0.1) is 0 Å². The Balaban J connectivity index is 3.04. The summed E-state index contributed by atoms with van der Waals surface area (Å²) in [5, 5.41) is 10.5. The minimum Gasteiger partial charge on any atom is -0.384 e. The van der Waals surface area contributed by atoms with Gasteiger partial charge in [0.2, 0.25) is 0 Å². The lowest BCUT2D eigenvalue weighted by molar-refractivity contribution is 0.0336. The van der Waals surface area contributed by atoms with Gasteiger partial charge in [0.25, 0.3) is 0 Å². The van der Waals surface area contributed by atoms with E-state index in [-0.39, 0.29) is 6.42 Å². The van der Waals surface area contributed by atoms with Crippen LogP contribution in [-0.2, 0) is 15.9 Å². The quantitative estimate of drug-likeness (QED) is 0.561. The number of rotatable bonds is 5. The van der Waals surface area contributed by atoms with Gasteiger partial charge in [0.1, 0.15) is 5.60 Å². The maximum Gasteiger partial charge on any atom is 0.333 e. The normalized spacial score (nSPS) is 16.1. The molecule has 19 heavy (non-hydrogen) atoms. The standard InChI is InChI=1S/C10H12Cl3NO4S/c11-10(12,13)6-9(15,7-14-19(16,17)18)8-4-2-1-3-5-8/h1-5,14-15H,6-7H2,(H,16,17,18). The van der Waals surface area contributed by atoms with E-state index in [1.807, 2.05) is 0 Å². The van der Waals surface area contributed by atoms with E-state index >= 15 is 0 Å². The molecule has 1 unspecified atom stereocenters. The van der Waals surface area contributed by atoms with Gasteiger partial charge in [-0.05, 0) is 5.56 Å². The van der Waals surface area contributed by atoms with Crippen molar-refractivity contribution in [1.29, 1.82) is 0 Å². The molecule has 0 fully saturated rings. The van der Waals surface area contributed by atoms with Crippen LogP contribution in [0.1, 0.15) is 12.0 Å². The van der Waals surface area contributed by atoms with Gasteiger partial charge in [-0.1, -0.05) is 65.1 Å². The van der Waals surface area contributed by atoms with E-state index in [0.717, 1.165) is 0 Å². The van der Waals surface area contributed by atoms with E-state index in [4.69, 9.17) is 39.4 Å². The first-order valence-corrected chi connectivity index (χ1v) is 7.66. The van der Waals surface area contributed by atoms with Crippen LogP contribution in [-0.4, -0.2) is 28.4 Å². The fourth-order valence-corrected chi connectivity index (χ4v) is 2.64. The molecule has 0 aliphatic carbocycles. The molecule has 1 aromatic rings. The third-order valence-corrected chi connectivity index (χ3v) is 3.26. The first-order chi connectivity index (χ1) is 8.52. The van der Waals surface area contributed by atoms with Crippen LogP contribution in [0.2, 0.25) is 0 Å². The second-order valence-electron chi connectivity index (χ2n) is 3.99. The zero-order chi connectivity index (χ0) is 14.7. The molecule has 3 N–H and O–H groups in total. The molecule has 9 heteroatoms. The molecular weight excluding hydrogens is 337 g/mol. The highest BCUT2D eigenvalue weighted by atomic mass is 35.6. The van der Waals surface area contributed by atoms with Gasteiger partial charge in [0, 0.05) is 13.0 Å². The van der Waals surface area contributed by atoms with E-state index in [1.165, 1.54) is 0 Å². The average molecular weight is 349 g/mol. The molecule has 5 nitrogen and oxygen atoms in total. The van der Waals surface area contributed by atoms with Crippen LogP contribution in [0.4, 0.5) is 0 Å². The van der Waals surface area contributed by atoms with Crippen molar-refractivity contribution in [2.75, 3.05) is 6.54 Å². The molecular formula is C10H12Cl3NO4S. The Bertz CT molecular complexity index is 517. The van der Waals surface area contributed by atoms with Crippen molar-refractivity contribution in [1.82, 2.24) is 4.72 Å². The number of nitrogens with one attached hydrogen (secondary N) is 1. The minimum atomic E-state index is -4.46. The van der Waals surface area contributed by atoms with Crippen molar-refractivity contribution in [3.8, 4) is 0 Å². The van der Waals surface area contributed by atoms with Gasteiger partial charge in [-0.2, -0.15) is 13.1 Å². The van der Waals surface area contributed by atoms with Crippen LogP contribution < -0.4 is 4.72 Å². The number of benzene rings is 1. The van der Waals surface area contributed by atoms with Gasteiger partial charge >= 0.3 is 10.3 Å². The SMILES string of the molecule is O=S(=O)(O)NCC(O)(CC(Cl)(Cl)Cl)c1ccccc1. The van der Waals surface area contributed by atoms with Crippen LogP contribution in [0.3, 0.4) is 0 Å². The van der Waals surface area contributed by atoms with Crippen molar-refractivity contribution in [2.45, 2.75) is 15.8 Å². The van der Waals surface area contributed by atoms with Crippen molar-refractivity contribution in [3.63, 3.8) is 0 Å². The number of hydrogen-bond acceptors (Lipinski definition) is 3. The van der Waals surface area contributed by atoms with Crippen molar-refractivity contribution < 1.29 is 18.1 Å². The third kappa shape index (κ3) is 6.27. The van der Waals surface area contributed by atoms with E-state index in [0.29, 0.717) is 5.56 Å². The second kappa shape index (κ2) is 6.13. The Labute approximate surface area is 126 Å². The molecule has 0 aliphatic heterocycles. The summed E-state index contributed by atoms with van der Waals surface area (Å²) in [6, 6.07) is 8.12. The van der Waals surface area contributed by atoms with Gasteiger partial charge < -0.3 is 5.11 Å². The number of aliphatic hydroxyl groups is 1. The molecule has 0 aromatic heterocycles. The molecule has 0 spiro atoms. The van der Waals surface area contributed by atoms with Gasteiger partial charge in [-0.25, -0.2) is 0 Å². The van der Waals surface area contributed by atoms with Crippen LogP contribution in [0.5, 0.6) is 0 Å². The van der Waals surface area contributed by atoms with Gasteiger partial charge in [-0.3, -0.25) is 4.55 Å². The van der Waals surface area contributed by atoms with Crippen LogP contribution in [0.25, 0.3) is 0 Å². The Kier molecular flexibility index (Phi) is 5.48. The predicted molar refractivity (Wildman–Crippen MR) is 74.8 cm³/mol. The highest BCUT2D eigenvalue weighted by Crippen LogP contribution is 2.39. The summed E-state index contributed by atoms with van der Waals surface area (Å²) in [6.45, 7) is -0.524. The molecule has 0 bridgehead atoms. The zero-order valence-electron chi connectivity index (χ0n) is 9.55. The summed E-state index contributed by atoms with van der Waals surface area (Å²) < 4.78 is 30.1.